The molecule has 0 aromatic heterocycles. The standard InChI is InChI=1S/C13H17BrN2O2/c14-11-3-1-2-4-12(11)16-13(17)8-15-7-10-5-6-18-9-10/h1-4,10,15H,5-9H2,(H,16,17). The largest absolute Gasteiger partial charge is 0.381 e. The number of rotatable bonds is 5. The lowest BCUT2D eigenvalue weighted by Gasteiger charge is -2.10. The van der Waals surface area contributed by atoms with Crippen LogP contribution in [0, 0.1) is 5.92 Å². The topological polar surface area (TPSA) is 50.4 Å². The monoisotopic (exact) mass is 312 g/mol. The third-order valence-corrected chi connectivity index (χ3v) is 3.58. The summed E-state index contributed by atoms with van der Waals surface area (Å²) in [6.45, 7) is 2.82. The fourth-order valence-corrected chi connectivity index (χ4v) is 2.28. The molecule has 0 aliphatic carbocycles. The van der Waals surface area contributed by atoms with E-state index in [9.17, 15) is 4.79 Å². The molecule has 2 N–H and O–H groups in total. The Morgan fingerprint density at radius 2 is 2.28 bits per heavy atom. The molecule has 5 heteroatoms. The van der Waals surface area contributed by atoms with Crippen LogP contribution in [0.15, 0.2) is 28.7 Å². The highest BCUT2D eigenvalue weighted by Gasteiger charge is 2.15. The first-order valence-corrected chi connectivity index (χ1v) is 6.88. The lowest BCUT2D eigenvalue weighted by Crippen LogP contribution is -2.32. The van der Waals surface area contributed by atoms with Crippen molar-refractivity contribution in [2.75, 3.05) is 31.6 Å². The van der Waals surface area contributed by atoms with E-state index in [1.54, 1.807) is 0 Å². The molecule has 18 heavy (non-hydrogen) atoms. The molecule has 98 valence electrons. The number of amides is 1. The molecule has 1 atom stereocenters. The first kappa shape index (κ1) is 13.5. The molecule has 1 aromatic carbocycles. The van der Waals surface area contributed by atoms with Gasteiger partial charge in [0.05, 0.1) is 18.8 Å². The van der Waals surface area contributed by atoms with E-state index in [1.807, 2.05) is 24.3 Å². The van der Waals surface area contributed by atoms with Gasteiger partial charge in [0.15, 0.2) is 0 Å². The fourth-order valence-electron chi connectivity index (χ4n) is 1.89. The highest BCUT2D eigenvalue weighted by atomic mass is 79.9. The van der Waals surface area contributed by atoms with Crippen LogP contribution in [0.5, 0.6) is 0 Å². The molecule has 0 saturated carbocycles. The second-order valence-corrected chi connectivity index (χ2v) is 5.24. The number of halogens is 1. The Morgan fingerprint density at radius 3 is 3.00 bits per heavy atom. The minimum absolute atomic E-state index is 0.0270. The number of benzene rings is 1. The van der Waals surface area contributed by atoms with Gasteiger partial charge in [0.1, 0.15) is 0 Å². The molecule has 1 fully saturated rings. The quantitative estimate of drug-likeness (QED) is 0.874. The number of carbonyl (C=O) groups excluding carboxylic acids is 1. The van der Waals surface area contributed by atoms with Gasteiger partial charge in [0, 0.05) is 17.6 Å². The van der Waals surface area contributed by atoms with Crippen LogP contribution in [-0.2, 0) is 9.53 Å². The lowest BCUT2D eigenvalue weighted by atomic mass is 10.1. The van der Waals surface area contributed by atoms with Crippen LogP contribution in [0.25, 0.3) is 0 Å². The molecule has 1 amide bonds. The minimum atomic E-state index is -0.0270. The van der Waals surface area contributed by atoms with Crippen LogP contribution in [0.3, 0.4) is 0 Å². The van der Waals surface area contributed by atoms with Crippen molar-refractivity contribution in [2.24, 2.45) is 5.92 Å². The van der Waals surface area contributed by atoms with Gasteiger partial charge in [0.25, 0.3) is 0 Å². The van der Waals surface area contributed by atoms with E-state index in [4.69, 9.17) is 4.74 Å². The van der Waals surface area contributed by atoms with E-state index >= 15 is 0 Å². The molecule has 1 saturated heterocycles. The third kappa shape index (κ3) is 4.08. The predicted molar refractivity (Wildman–Crippen MR) is 74.6 cm³/mol. The van der Waals surface area contributed by atoms with Crippen molar-refractivity contribution in [1.82, 2.24) is 5.32 Å². The summed E-state index contributed by atoms with van der Waals surface area (Å²) >= 11 is 3.40. The zero-order valence-electron chi connectivity index (χ0n) is 10.1. The van der Waals surface area contributed by atoms with E-state index in [-0.39, 0.29) is 5.91 Å². The molecule has 1 heterocycles. The van der Waals surface area contributed by atoms with E-state index in [1.165, 1.54) is 0 Å². The van der Waals surface area contributed by atoms with Crippen molar-refractivity contribution >= 4 is 27.5 Å². The minimum Gasteiger partial charge on any atom is -0.381 e. The normalized spacial score (nSPS) is 18.8. The molecule has 2 rings (SSSR count). The number of carbonyl (C=O) groups is 1. The molecule has 1 unspecified atom stereocenters. The van der Waals surface area contributed by atoms with Crippen molar-refractivity contribution in [3.05, 3.63) is 28.7 Å². The zero-order chi connectivity index (χ0) is 12.8. The smallest absolute Gasteiger partial charge is 0.238 e. The number of ether oxygens (including phenoxy) is 1. The molecule has 1 aliphatic rings. The first-order valence-electron chi connectivity index (χ1n) is 6.08. The van der Waals surface area contributed by atoms with Crippen molar-refractivity contribution in [1.29, 1.82) is 0 Å². The predicted octanol–water partition coefficient (Wildman–Crippen LogP) is 2.01. The molecule has 1 aromatic rings. The number of nitrogens with one attached hydrogen (secondary N) is 2. The van der Waals surface area contributed by atoms with Crippen LogP contribution in [0.4, 0.5) is 5.69 Å². The van der Waals surface area contributed by atoms with Crippen LogP contribution >= 0.6 is 15.9 Å². The summed E-state index contributed by atoms with van der Waals surface area (Å²) in [4.78, 5) is 11.7. The Bertz CT molecular complexity index is 406. The van der Waals surface area contributed by atoms with Gasteiger partial charge in [-0.05, 0) is 40.4 Å². The number of hydrogen-bond donors (Lipinski definition) is 2. The summed E-state index contributed by atoms with van der Waals surface area (Å²) in [6, 6.07) is 7.58. The van der Waals surface area contributed by atoms with Gasteiger partial charge in [0.2, 0.25) is 5.91 Å². The number of para-hydroxylation sites is 1. The summed E-state index contributed by atoms with van der Waals surface area (Å²) in [7, 11) is 0. The van der Waals surface area contributed by atoms with Gasteiger partial charge < -0.3 is 15.4 Å². The number of anilines is 1. The summed E-state index contributed by atoms with van der Waals surface area (Å²) in [6.07, 6.45) is 1.08. The van der Waals surface area contributed by atoms with Gasteiger partial charge in [-0.2, -0.15) is 0 Å². The van der Waals surface area contributed by atoms with Gasteiger partial charge in [-0.15, -0.1) is 0 Å². The van der Waals surface area contributed by atoms with Crippen LogP contribution in [0.1, 0.15) is 6.42 Å². The highest BCUT2D eigenvalue weighted by Crippen LogP contribution is 2.20. The fraction of sp³-hybridized carbons (Fsp3) is 0.462. The zero-order valence-corrected chi connectivity index (χ0v) is 11.7. The average Bonchev–Trinajstić information content (AvgIpc) is 2.85. The molecule has 4 nitrogen and oxygen atoms in total. The van der Waals surface area contributed by atoms with E-state index in [0.717, 1.165) is 36.3 Å². The molecule has 0 bridgehead atoms. The second kappa shape index (κ2) is 6.87. The average molecular weight is 313 g/mol. The van der Waals surface area contributed by atoms with E-state index < -0.39 is 0 Å². The first-order chi connectivity index (χ1) is 8.75. The Morgan fingerprint density at radius 1 is 1.44 bits per heavy atom. The number of hydrogen-bond acceptors (Lipinski definition) is 3. The Balaban J connectivity index is 1.70. The Kier molecular flexibility index (Phi) is 5.16. The maximum atomic E-state index is 11.7. The van der Waals surface area contributed by atoms with E-state index in [0.29, 0.717) is 12.5 Å². The van der Waals surface area contributed by atoms with Gasteiger partial charge >= 0.3 is 0 Å². The van der Waals surface area contributed by atoms with Crippen LogP contribution in [0.2, 0.25) is 0 Å². The van der Waals surface area contributed by atoms with Crippen molar-refractivity contribution in [3.63, 3.8) is 0 Å². The third-order valence-electron chi connectivity index (χ3n) is 2.89. The molecule has 1 aliphatic heterocycles. The summed E-state index contributed by atoms with van der Waals surface area (Å²) in [5.74, 6) is 0.516. The van der Waals surface area contributed by atoms with Gasteiger partial charge in [-0.25, -0.2) is 0 Å². The van der Waals surface area contributed by atoms with E-state index in [2.05, 4.69) is 26.6 Å². The molecular weight excluding hydrogens is 296 g/mol. The van der Waals surface area contributed by atoms with Crippen molar-refractivity contribution in [2.45, 2.75) is 6.42 Å². The Labute approximate surface area is 115 Å². The maximum Gasteiger partial charge on any atom is 0.238 e. The van der Waals surface area contributed by atoms with Crippen molar-refractivity contribution < 1.29 is 9.53 Å². The molecule has 0 spiro atoms. The highest BCUT2D eigenvalue weighted by molar-refractivity contribution is 9.10. The summed E-state index contributed by atoms with van der Waals surface area (Å²) in [5, 5.41) is 6.02. The lowest BCUT2D eigenvalue weighted by molar-refractivity contribution is -0.115. The van der Waals surface area contributed by atoms with Crippen LogP contribution in [-0.4, -0.2) is 32.2 Å². The second-order valence-electron chi connectivity index (χ2n) is 4.39. The maximum absolute atomic E-state index is 11.7. The van der Waals surface area contributed by atoms with Crippen LogP contribution < -0.4 is 10.6 Å². The summed E-state index contributed by atoms with van der Waals surface area (Å²) < 4.78 is 6.17. The SMILES string of the molecule is O=C(CNCC1CCOC1)Nc1ccccc1Br. The summed E-state index contributed by atoms with van der Waals surface area (Å²) in [5.41, 5.74) is 0.800. The van der Waals surface area contributed by atoms with Crippen molar-refractivity contribution in [3.8, 4) is 0 Å². The molecular formula is C13H17BrN2O2. The van der Waals surface area contributed by atoms with Gasteiger partial charge in [-0.3, -0.25) is 4.79 Å². The Hall–Kier alpha value is -0.910. The van der Waals surface area contributed by atoms with Gasteiger partial charge in [-0.1, -0.05) is 12.1 Å². The molecule has 0 radical (unpaired) electrons.